The van der Waals surface area contributed by atoms with Crippen LogP contribution >= 0.6 is 15.9 Å². The second kappa shape index (κ2) is 8.66. The molecular formula is C28H19BrN2. The standard InChI is InChI=1S/C28H19BrN2/c29-23-17-15-21(16-18-23)26-19-27(31-28(30-26)22-11-5-2-6-12-22)25-14-8-7-13-24(25)20-9-3-1-4-10-20/h1-19H. The molecule has 1 heterocycles. The van der Waals surface area contributed by atoms with E-state index in [-0.39, 0.29) is 0 Å². The van der Waals surface area contributed by atoms with Gasteiger partial charge in [-0.3, -0.25) is 0 Å². The molecule has 0 bridgehead atoms. The van der Waals surface area contributed by atoms with Gasteiger partial charge in [-0.05, 0) is 29.3 Å². The maximum absolute atomic E-state index is 4.98. The Balaban J connectivity index is 1.73. The van der Waals surface area contributed by atoms with Crippen LogP contribution in [0.1, 0.15) is 0 Å². The van der Waals surface area contributed by atoms with Crippen LogP contribution in [0.4, 0.5) is 0 Å². The molecule has 148 valence electrons. The molecule has 4 aromatic carbocycles. The fraction of sp³-hybridized carbons (Fsp3) is 0. The molecule has 5 aromatic rings. The normalized spacial score (nSPS) is 10.7. The van der Waals surface area contributed by atoms with Crippen molar-refractivity contribution in [1.29, 1.82) is 0 Å². The van der Waals surface area contributed by atoms with Crippen LogP contribution in [0.5, 0.6) is 0 Å². The van der Waals surface area contributed by atoms with E-state index in [2.05, 4.69) is 82.7 Å². The lowest BCUT2D eigenvalue weighted by atomic mass is 9.96. The van der Waals surface area contributed by atoms with Gasteiger partial charge in [0.1, 0.15) is 0 Å². The molecule has 5 rings (SSSR count). The molecule has 1 aromatic heterocycles. The Morgan fingerprint density at radius 1 is 0.452 bits per heavy atom. The Kier molecular flexibility index (Phi) is 5.42. The number of hydrogen-bond acceptors (Lipinski definition) is 2. The smallest absolute Gasteiger partial charge is 0.160 e. The van der Waals surface area contributed by atoms with Gasteiger partial charge in [0.2, 0.25) is 0 Å². The van der Waals surface area contributed by atoms with Crippen molar-refractivity contribution >= 4 is 15.9 Å². The van der Waals surface area contributed by atoms with Gasteiger partial charge in [-0.25, -0.2) is 9.97 Å². The van der Waals surface area contributed by atoms with Crippen LogP contribution < -0.4 is 0 Å². The van der Waals surface area contributed by atoms with E-state index >= 15 is 0 Å². The van der Waals surface area contributed by atoms with Crippen LogP contribution in [-0.4, -0.2) is 9.97 Å². The molecule has 3 heteroatoms. The van der Waals surface area contributed by atoms with Crippen molar-refractivity contribution in [3.05, 3.63) is 120 Å². The summed E-state index contributed by atoms with van der Waals surface area (Å²) in [5, 5.41) is 0. The Bertz CT molecular complexity index is 1310. The molecule has 2 nitrogen and oxygen atoms in total. The lowest BCUT2D eigenvalue weighted by Gasteiger charge is -2.13. The Hall–Kier alpha value is -3.56. The second-order valence-corrected chi connectivity index (χ2v) is 8.16. The van der Waals surface area contributed by atoms with Gasteiger partial charge in [-0.15, -0.1) is 0 Å². The van der Waals surface area contributed by atoms with E-state index in [0.29, 0.717) is 0 Å². The van der Waals surface area contributed by atoms with Crippen LogP contribution in [-0.2, 0) is 0 Å². The first-order valence-electron chi connectivity index (χ1n) is 10.1. The molecule has 0 spiro atoms. The average Bonchev–Trinajstić information content (AvgIpc) is 2.85. The SMILES string of the molecule is Brc1ccc(-c2cc(-c3ccccc3-c3ccccc3)nc(-c3ccccc3)n2)cc1. The minimum Gasteiger partial charge on any atom is -0.228 e. The molecule has 0 radical (unpaired) electrons. The molecule has 0 atom stereocenters. The van der Waals surface area contributed by atoms with E-state index in [4.69, 9.17) is 9.97 Å². The maximum Gasteiger partial charge on any atom is 0.160 e. The minimum atomic E-state index is 0.721. The van der Waals surface area contributed by atoms with Crippen molar-refractivity contribution in [1.82, 2.24) is 9.97 Å². The van der Waals surface area contributed by atoms with Crippen molar-refractivity contribution in [2.45, 2.75) is 0 Å². The van der Waals surface area contributed by atoms with Gasteiger partial charge in [0.15, 0.2) is 5.82 Å². The number of hydrogen-bond donors (Lipinski definition) is 0. The van der Waals surface area contributed by atoms with Gasteiger partial charge < -0.3 is 0 Å². The highest BCUT2D eigenvalue weighted by Gasteiger charge is 2.13. The van der Waals surface area contributed by atoms with Gasteiger partial charge in [0.25, 0.3) is 0 Å². The topological polar surface area (TPSA) is 25.8 Å². The molecule has 0 saturated carbocycles. The fourth-order valence-electron chi connectivity index (χ4n) is 3.65. The van der Waals surface area contributed by atoms with Gasteiger partial charge in [-0.2, -0.15) is 0 Å². The first kappa shape index (κ1) is 19.4. The highest BCUT2D eigenvalue weighted by Crippen LogP contribution is 2.34. The molecule has 0 N–H and O–H groups in total. The number of benzene rings is 4. The molecule has 31 heavy (non-hydrogen) atoms. The Morgan fingerprint density at radius 2 is 1.00 bits per heavy atom. The van der Waals surface area contributed by atoms with E-state index in [1.54, 1.807) is 0 Å². The monoisotopic (exact) mass is 462 g/mol. The summed E-state index contributed by atoms with van der Waals surface area (Å²) in [6.45, 7) is 0. The maximum atomic E-state index is 4.98. The van der Waals surface area contributed by atoms with E-state index in [9.17, 15) is 0 Å². The third-order valence-electron chi connectivity index (χ3n) is 5.19. The predicted octanol–water partition coefficient (Wildman–Crippen LogP) is 7.91. The zero-order valence-electron chi connectivity index (χ0n) is 16.7. The summed E-state index contributed by atoms with van der Waals surface area (Å²) in [4.78, 5) is 9.89. The summed E-state index contributed by atoms with van der Waals surface area (Å²) >= 11 is 3.52. The third-order valence-corrected chi connectivity index (χ3v) is 5.71. The summed E-state index contributed by atoms with van der Waals surface area (Å²) in [5.74, 6) is 0.721. The van der Waals surface area contributed by atoms with Gasteiger partial charge in [-0.1, -0.05) is 113 Å². The molecule has 0 aliphatic rings. The van der Waals surface area contributed by atoms with Crippen molar-refractivity contribution in [3.8, 4) is 45.0 Å². The van der Waals surface area contributed by atoms with Crippen molar-refractivity contribution in [3.63, 3.8) is 0 Å². The summed E-state index contributed by atoms with van der Waals surface area (Å²) < 4.78 is 1.04. The average molecular weight is 463 g/mol. The third kappa shape index (κ3) is 4.18. The number of nitrogens with zero attached hydrogens (tertiary/aromatic N) is 2. The van der Waals surface area contributed by atoms with Gasteiger partial charge in [0.05, 0.1) is 11.4 Å². The van der Waals surface area contributed by atoms with Crippen LogP contribution in [0.3, 0.4) is 0 Å². The van der Waals surface area contributed by atoms with Crippen LogP contribution in [0.25, 0.3) is 45.0 Å². The second-order valence-electron chi connectivity index (χ2n) is 7.25. The molecule has 0 saturated heterocycles. The number of halogens is 1. The van der Waals surface area contributed by atoms with Crippen molar-refractivity contribution < 1.29 is 0 Å². The van der Waals surface area contributed by atoms with Crippen LogP contribution in [0.2, 0.25) is 0 Å². The van der Waals surface area contributed by atoms with Crippen molar-refractivity contribution in [2.24, 2.45) is 0 Å². The highest BCUT2D eigenvalue weighted by molar-refractivity contribution is 9.10. The molecule has 0 aliphatic heterocycles. The number of rotatable bonds is 4. The highest BCUT2D eigenvalue weighted by atomic mass is 79.9. The minimum absolute atomic E-state index is 0.721. The Morgan fingerprint density at radius 3 is 1.68 bits per heavy atom. The largest absolute Gasteiger partial charge is 0.228 e. The first-order chi connectivity index (χ1) is 15.3. The predicted molar refractivity (Wildman–Crippen MR) is 131 cm³/mol. The molecule has 0 unspecified atom stereocenters. The lowest BCUT2D eigenvalue weighted by Crippen LogP contribution is -1.97. The molecule has 0 amide bonds. The van der Waals surface area contributed by atoms with E-state index in [1.165, 1.54) is 5.56 Å². The Labute approximate surface area is 190 Å². The van der Waals surface area contributed by atoms with Crippen molar-refractivity contribution in [2.75, 3.05) is 0 Å². The van der Waals surface area contributed by atoms with E-state index < -0.39 is 0 Å². The fourth-order valence-corrected chi connectivity index (χ4v) is 3.91. The zero-order chi connectivity index (χ0) is 21.0. The molecular weight excluding hydrogens is 444 g/mol. The van der Waals surface area contributed by atoms with Gasteiger partial charge in [0, 0.05) is 21.2 Å². The van der Waals surface area contributed by atoms with E-state index in [1.807, 2.05) is 48.5 Å². The first-order valence-corrected chi connectivity index (χ1v) is 10.9. The lowest BCUT2D eigenvalue weighted by molar-refractivity contribution is 1.18. The number of aromatic nitrogens is 2. The summed E-state index contributed by atoms with van der Waals surface area (Å²) in [5.41, 5.74) is 7.28. The quantitative estimate of drug-likeness (QED) is 0.271. The van der Waals surface area contributed by atoms with E-state index in [0.717, 1.165) is 43.9 Å². The summed E-state index contributed by atoms with van der Waals surface area (Å²) in [6, 6.07) is 39.3. The zero-order valence-corrected chi connectivity index (χ0v) is 18.3. The van der Waals surface area contributed by atoms with Gasteiger partial charge >= 0.3 is 0 Å². The van der Waals surface area contributed by atoms with Crippen LogP contribution in [0.15, 0.2) is 120 Å². The van der Waals surface area contributed by atoms with Crippen LogP contribution in [0, 0.1) is 0 Å². The molecule has 0 aliphatic carbocycles. The summed E-state index contributed by atoms with van der Waals surface area (Å²) in [6.07, 6.45) is 0. The summed E-state index contributed by atoms with van der Waals surface area (Å²) in [7, 11) is 0. The molecule has 0 fully saturated rings.